The molecular weight excluding hydrogens is 274 g/mol. The largest absolute Gasteiger partial charge is 0.377 e. The van der Waals surface area contributed by atoms with Crippen molar-refractivity contribution < 1.29 is 0 Å². The molecule has 3 aromatic carbocycles. The molecule has 0 aromatic heterocycles. The fraction of sp³-hybridized carbons (Fsp3) is 0.158. The Morgan fingerprint density at radius 2 is 1.67 bits per heavy atom. The molecule has 1 aliphatic heterocycles. The topological polar surface area (TPSA) is 12.0 Å². The van der Waals surface area contributed by atoms with Crippen molar-refractivity contribution in [1.82, 2.24) is 0 Å². The molecule has 0 bridgehead atoms. The number of hydrogen-bond acceptors (Lipinski definition) is 2. The molecule has 1 nitrogen and oxygen atoms in total. The van der Waals surface area contributed by atoms with Crippen LogP contribution in [-0.2, 0) is 5.75 Å². The number of fused-ring (bicyclic) bond motifs is 2. The van der Waals surface area contributed by atoms with Gasteiger partial charge in [0, 0.05) is 17.2 Å². The van der Waals surface area contributed by atoms with E-state index in [1.54, 1.807) is 0 Å². The molecule has 2 heteroatoms. The molecule has 0 spiro atoms. The first-order valence-corrected chi connectivity index (χ1v) is 8.46. The predicted molar refractivity (Wildman–Crippen MR) is 92.9 cm³/mol. The van der Waals surface area contributed by atoms with Crippen LogP contribution in [0.2, 0.25) is 0 Å². The van der Waals surface area contributed by atoms with E-state index in [2.05, 4.69) is 72.0 Å². The zero-order chi connectivity index (χ0) is 14.1. The van der Waals surface area contributed by atoms with Crippen LogP contribution >= 0.6 is 11.8 Å². The molecule has 0 saturated heterocycles. The molecule has 1 atom stereocenters. The lowest BCUT2D eigenvalue weighted by Crippen LogP contribution is -2.18. The Hall–Kier alpha value is -1.93. The summed E-state index contributed by atoms with van der Waals surface area (Å²) < 4.78 is 0. The molecule has 0 amide bonds. The lowest BCUT2D eigenvalue weighted by atomic mass is 10.0. The Morgan fingerprint density at radius 3 is 2.62 bits per heavy atom. The third-order valence-corrected chi connectivity index (χ3v) is 5.15. The van der Waals surface area contributed by atoms with E-state index in [-0.39, 0.29) is 0 Å². The smallest absolute Gasteiger partial charge is 0.0607 e. The Kier molecular flexibility index (Phi) is 3.32. The summed E-state index contributed by atoms with van der Waals surface area (Å²) >= 11 is 2.01. The van der Waals surface area contributed by atoms with Gasteiger partial charge in [-0.05, 0) is 34.0 Å². The summed E-state index contributed by atoms with van der Waals surface area (Å²) in [6.07, 6.45) is 0. The lowest BCUT2D eigenvalue weighted by Gasteiger charge is -2.27. The molecule has 1 heterocycles. The van der Waals surface area contributed by atoms with Crippen molar-refractivity contribution in [3.05, 3.63) is 77.9 Å². The third-order valence-electron chi connectivity index (χ3n) is 4.06. The summed E-state index contributed by atoms with van der Waals surface area (Å²) in [5.74, 6) is 2.26. The van der Waals surface area contributed by atoms with E-state index in [0.717, 1.165) is 11.5 Å². The van der Waals surface area contributed by atoms with Crippen molar-refractivity contribution in [3.8, 4) is 0 Å². The van der Waals surface area contributed by atoms with Gasteiger partial charge in [-0.3, -0.25) is 0 Å². The normalized spacial score (nSPS) is 17.4. The number of anilines is 1. The molecule has 0 saturated carbocycles. The summed E-state index contributed by atoms with van der Waals surface area (Å²) in [7, 11) is 0. The van der Waals surface area contributed by atoms with Crippen molar-refractivity contribution in [2.45, 2.75) is 11.8 Å². The van der Waals surface area contributed by atoms with Crippen LogP contribution in [0.3, 0.4) is 0 Å². The summed E-state index contributed by atoms with van der Waals surface area (Å²) in [5, 5.41) is 6.29. The van der Waals surface area contributed by atoms with Gasteiger partial charge in [-0.2, -0.15) is 11.8 Å². The van der Waals surface area contributed by atoms with Crippen molar-refractivity contribution in [2.75, 3.05) is 11.1 Å². The van der Waals surface area contributed by atoms with Gasteiger partial charge in [0.1, 0.15) is 0 Å². The van der Waals surface area contributed by atoms with Gasteiger partial charge in [-0.15, -0.1) is 0 Å². The van der Waals surface area contributed by atoms with Gasteiger partial charge in [0.15, 0.2) is 0 Å². The van der Waals surface area contributed by atoms with Crippen LogP contribution in [0.15, 0.2) is 66.7 Å². The second-order valence-corrected chi connectivity index (χ2v) is 6.50. The average Bonchev–Trinajstić information content (AvgIpc) is 2.55. The summed E-state index contributed by atoms with van der Waals surface area (Å²) in [4.78, 5) is 0. The molecule has 0 fully saturated rings. The van der Waals surface area contributed by atoms with E-state index in [1.807, 2.05) is 11.8 Å². The van der Waals surface area contributed by atoms with Crippen LogP contribution in [0.4, 0.5) is 5.69 Å². The molecule has 0 radical (unpaired) electrons. The minimum Gasteiger partial charge on any atom is -0.377 e. The highest BCUT2D eigenvalue weighted by atomic mass is 32.2. The molecule has 1 aliphatic rings. The summed E-state index contributed by atoms with van der Waals surface area (Å²) in [5.41, 5.74) is 4.12. The maximum absolute atomic E-state index is 3.71. The fourth-order valence-corrected chi connectivity index (χ4v) is 4.08. The number of rotatable bonds is 2. The van der Waals surface area contributed by atoms with Crippen molar-refractivity contribution in [1.29, 1.82) is 0 Å². The Bertz CT molecular complexity index is 781. The summed E-state index contributed by atoms with van der Waals surface area (Å²) in [6.45, 7) is 0. The third kappa shape index (κ3) is 2.52. The SMILES string of the molecule is c1ccc2c(c1)CSCC2Nc1ccc2ccccc2c1. The van der Waals surface area contributed by atoms with Gasteiger partial charge < -0.3 is 5.32 Å². The zero-order valence-corrected chi connectivity index (χ0v) is 12.6. The molecule has 21 heavy (non-hydrogen) atoms. The number of thioether (sulfide) groups is 1. The Morgan fingerprint density at radius 1 is 0.857 bits per heavy atom. The van der Waals surface area contributed by atoms with Crippen molar-refractivity contribution in [3.63, 3.8) is 0 Å². The first kappa shape index (κ1) is 12.8. The van der Waals surface area contributed by atoms with Crippen LogP contribution in [0.25, 0.3) is 10.8 Å². The van der Waals surface area contributed by atoms with E-state index in [9.17, 15) is 0 Å². The van der Waals surface area contributed by atoms with Crippen LogP contribution in [-0.4, -0.2) is 5.75 Å². The number of benzene rings is 3. The first-order chi connectivity index (χ1) is 10.4. The van der Waals surface area contributed by atoms with E-state index in [1.165, 1.54) is 27.6 Å². The maximum Gasteiger partial charge on any atom is 0.0607 e. The minimum atomic E-state index is 0.404. The van der Waals surface area contributed by atoms with Gasteiger partial charge in [-0.25, -0.2) is 0 Å². The summed E-state index contributed by atoms with van der Waals surface area (Å²) in [6, 6.07) is 24.3. The predicted octanol–water partition coefficient (Wildman–Crippen LogP) is 5.24. The second-order valence-electron chi connectivity index (χ2n) is 5.47. The molecule has 4 rings (SSSR count). The second kappa shape index (κ2) is 5.45. The molecule has 1 unspecified atom stereocenters. The van der Waals surface area contributed by atoms with Gasteiger partial charge in [0.2, 0.25) is 0 Å². The Labute approximate surface area is 129 Å². The zero-order valence-electron chi connectivity index (χ0n) is 11.8. The van der Waals surface area contributed by atoms with E-state index >= 15 is 0 Å². The highest BCUT2D eigenvalue weighted by molar-refractivity contribution is 7.98. The van der Waals surface area contributed by atoms with Gasteiger partial charge >= 0.3 is 0 Å². The van der Waals surface area contributed by atoms with Crippen LogP contribution < -0.4 is 5.32 Å². The highest BCUT2D eigenvalue weighted by Crippen LogP contribution is 2.34. The number of nitrogens with one attached hydrogen (secondary N) is 1. The highest BCUT2D eigenvalue weighted by Gasteiger charge is 2.19. The first-order valence-electron chi connectivity index (χ1n) is 7.31. The quantitative estimate of drug-likeness (QED) is 0.693. The van der Waals surface area contributed by atoms with E-state index < -0.39 is 0 Å². The van der Waals surface area contributed by atoms with E-state index in [0.29, 0.717) is 6.04 Å². The van der Waals surface area contributed by atoms with Gasteiger partial charge in [0.05, 0.1) is 6.04 Å². The number of hydrogen-bond donors (Lipinski definition) is 1. The molecule has 0 aliphatic carbocycles. The van der Waals surface area contributed by atoms with Crippen molar-refractivity contribution >= 4 is 28.2 Å². The van der Waals surface area contributed by atoms with Gasteiger partial charge in [-0.1, -0.05) is 54.6 Å². The van der Waals surface area contributed by atoms with Crippen LogP contribution in [0, 0.1) is 0 Å². The molecular formula is C19H17NS. The molecule has 3 aromatic rings. The van der Waals surface area contributed by atoms with Gasteiger partial charge in [0.25, 0.3) is 0 Å². The fourth-order valence-electron chi connectivity index (χ4n) is 2.98. The maximum atomic E-state index is 3.71. The molecule has 104 valence electrons. The monoisotopic (exact) mass is 291 g/mol. The van der Waals surface area contributed by atoms with Crippen LogP contribution in [0.1, 0.15) is 17.2 Å². The minimum absolute atomic E-state index is 0.404. The van der Waals surface area contributed by atoms with E-state index in [4.69, 9.17) is 0 Å². The molecule has 1 N–H and O–H groups in total. The average molecular weight is 291 g/mol. The van der Waals surface area contributed by atoms with Crippen molar-refractivity contribution in [2.24, 2.45) is 0 Å². The van der Waals surface area contributed by atoms with Crippen LogP contribution in [0.5, 0.6) is 0 Å². The standard InChI is InChI=1S/C19H17NS/c1-2-6-15-11-17(10-9-14(15)5-1)20-19-13-21-12-16-7-3-4-8-18(16)19/h1-11,19-20H,12-13H2. The lowest BCUT2D eigenvalue weighted by molar-refractivity contribution is 0.871. The Balaban J connectivity index is 1.66.